The normalized spacial score (nSPS) is 8.89. The van der Waals surface area contributed by atoms with Gasteiger partial charge in [-0.3, -0.25) is 9.78 Å². The smallest absolute Gasteiger partial charge is 0.203 e. The van der Waals surface area contributed by atoms with E-state index in [9.17, 15) is 4.79 Å². The Kier molecular flexibility index (Phi) is 1.96. The van der Waals surface area contributed by atoms with Crippen LogP contribution in [0.2, 0.25) is 0 Å². The fourth-order valence-electron chi connectivity index (χ4n) is 0.584. The van der Waals surface area contributed by atoms with Gasteiger partial charge in [0.25, 0.3) is 0 Å². The van der Waals surface area contributed by atoms with Crippen LogP contribution in [0.3, 0.4) is 0 Å². The highest BCUT2D eigenvalue weighted by atomic mass is 16.1. The first-order valence-electron chi connectivity index (χ1n) is 2.67. The van der Waals surface area contributed by atoms with Crippen molar-refractivity contribution < 1.29 is 4.79 Å². The predicted octanol–water partition coefficient (Wildman–Crippen LogP) is 0.734. The second-order valence-electron chi connectivity index (χ2n) is 1.68. The molecular formula is C7H6NO. The van der Waals surface area contributed by atoms with Gasteiger partial charge in [0, 0.05) is 18.8 Å². The molecular weight excluding hydrogens is 114 g/mol. The summed E-state index contributed by atoms with van der Waals surface area (Å²) in [4.78, 5) is 13.6. The van der Waals surface area contributed by atoms with Crippen molar-refractivity contribution in [2.24, 2.45) is 0 Å². The molecule has 0 aliphatic carbocycles. The largest absolute Gasteiger partial charge is 0.291 e. The molecule has 1 rings (SSSR count). The van der Waals surface area contributed by atoms with Crippen molar-refractivity contribution in [1.29, 1.82) is 0 Å². The lowest BCUT2D eigenvalue weighted by Crippen LogP contribution is -1.83. The van der Waals surface area contributed by atoms with Crippen molar-refractivity contribution in [2.45, 2.75) is 6.42 Å². The van der Waals surface area contributed by atoms with E-state index in [1.54, 1.807) is 30.8 Å². The molecule has 0 atom stereocenters. The molecule has 1 heterocycles. The molecule has 0 aliphatic rings. The second-order valence-corrected chi connectivity index (χ2v) is 1.68. The molecule has 0 N–H and O–H groups in total. The molecule has 1 aromatic heterocycles. The van der Waals surface area contributed by atoms with Gasteiger partial charge in [0.2, 0.25) is 6.29 Å². The van der Waals surface area contributed by atoms with Crippen LogP contribution in [0.15, 0.2) is 24.5 Å². The maximum atomic E-state index is 9.83. The van der Waals surface area contributed by atoms with Gasteiger partial charge in [-0.2, -0.15) is 0 Å². The molecule has 0 aliphatic heterocycles. The molecule has 0 saturated heterocycles. The molecule has 9 heavy (non-hydrogen) atoms. The zero-order valence-corrected chi connectivity index (χ0v) is 4.87. The minimum absolute atomic E-state index is 0.364. The van der Waals surface area contributed by atoms with Crippen molar-refractivity contribution >= 4 is 6.29 Å². The van der Waals surface area contributed by atoms with Gasteiger partial charge in [0.1, 0.15) is 0 Å². The van der Waals surface area contributed by atoms with Crippen LogP contribution in [0.5, 0.6) is 0 Å². The number of nitrogens with zero attached hydrogens (tertiary/aromatic N) is 1. The van der Waals surface area contributed by atoms with E-state index in [1.165, 1.54) is 0 Å². The predicted molar refractivity (Wildman–Crippen MR) is 33.6 cm³/mol. The van der Waals surface area contributed by atoms with Gasteiger partial charge >= 0.3 is 0 Å². The summed E-state index contributed by atoms with van der Waals surface area (Å²) in [5.41, 5.74) is 0.958. The summed E-state index contributed by atoms with van der Waals surface area (Å²) in [6.07, 6.45) is 5.49. The van der Waals surface area contributed by atoms with Crippen LogP contribution in [-0.4, -0.2) is 11.3 Å². The highest BCUT2D eigenvalue weighted by Gasteiger charge is 1.86. The Morgan fingerprint density at radius 2 is 2.11 bits per heavy atom. The standard InChI is InChI=1S/C7H6NO/c9-6-3-7-1-4-8-5-2-7/h1-2,4-5H,3H2. The van der Waals surface area contributed by atoms with Crippen molar-refractivity contribution in [2.75, 3.05) is 0 Å². The molecule has 0 unspecified atom stereocenters. The van der Waals surface area contributed by atoms with Crippen LogP contribution in [0.4, 0.5) is 0 Å². The number of carbonyl (C=O) groups excluding carboxylic acids is 1. The average molecular weight is 120 g/mol. The topological polar surface area (TPSA) is 30.0 Å². The summed E-state index contributed by atoms with van der Waals surface area (Å²) in [7, 11) is 0. The maximum absolute atomic E-state index is 9.83. The molecule has 0 amide bonds. The molecule has 1 aromatic rings. The Hall–Kier alpha value is -1.18. The first-order valence-corrected chi connectivity index (χ1v) is 2.67. The highest BCUT2D eigenvalue weighted by molar-refractivity contribution is 5.55. The molecule has 2 nitrogen and oxygen atoms in total. The summed E-state index contributed by atoms with van der Waals surface area (Å²) in [6, 6.07) is 3.59. The van der Waals surface area contributed by atoms with Crippen molar-refractivity contribution in [3.63, 3.8) is 0 Å². The summed E-state index contributed by atoms with van der Waals surface area (Å²) in [6.45, 7) is 0. The Morgan fingerprint density at radius 3 is 2.67 bits per heavy atom. The monoisotopic (exact) mass is 120 g/mol. The van der Waals surface area contributed by atoms with E-state index in [-0.39, 0.29) is 0 Å². The lowest BCUT2D eigenvalue weighted by atomic mass is 10.2. The third kappa shape index (κ3) is 1.64. The molecule has 0 fully saturated rings. The van der Waals surface area contributed by atoms with Gasteiger partial charge in [0.05, 0.1) is 0 Å². The van der Waals surface area contributed by atoms with Gasteiger partial charge in [0.15, 0.2) is 0 Å². The van der Waals surface area contributed by atoms with Crippen LogP contribution in [0.25, 0.3) is 0 Å². The highest BCUT2D eigenvalue weighted by Crippen LogP contribution is 1.93. The number of hydrogen-bond acceptors (Lipinski definition) is 2. The van der Waals surface area contributed by atoms with E-state index in [0.717, 1.165) is 5.56 Å². The molecule has 0 spiro atoms. The zero-order valence-electron chi connectivity index (χ0n) is 4.87. The molecule has 45 valence electrons. The van der Waals surface area contributed by atoms with Gasteiger partial charge in [-0.25, -0.2) is 0 Å². The van der Waals surface area contributed by atoms with Crippen LogP contribution in [-0.2, 0) is 11.2 Å². The minimum Gasteiger partial charge on any atom is -0.291 e. The summed E-state index contributed by atoms with van der Waals surface area (Å²) >= 11 is 0. The van der Waals surface area contributed by atoms with E-state index < -0.39 is 0 Å². The van der Waals surface area contributed by atoms with Crippen molar-refractivity contribution in [1.82, 2.24) is 4.98 Å². The van der Waals surface area contributed by atoms with Crippen LogP contribution < -0.4 is 0 Å². The van der Waals surface area contributed by atoms with E-state index >= 15 is 0 Å². The molecule has 1 radical (unpaired) electrons. The van der Waals surface area contributed by atoms with Crippen LogP contribution in [0, 0.1) is 0 Å². The lowest BCUT2D eigenvalue weighted by Gasteiger charge is -1.87. The number of hydrogen-bond donors (Lipinski definition) is 0. The minimum atomic E-state index is 0.364. The fourth-order valence-corrected chi connectivity index (χ4v) is 0.584. The maximum Gasteiger partial charge on any atom is 0.203 e. The van der Waals surface area contributed by atoms with E-state index in [0.29, 0.717) is 6.42 Å². The number of rotatable bonds is 2. The van der Waals surface area contributed by atoms with Gasteiger partial charge in [-0.05, 0) is 17.7 Å². The van der Waals surface area contributed by atoms with E-state index in [4.69, 9.17) is 0 Å². The molecule has 0 bridgehead atoms. The van der Waals surface area contributed by atoms with Crippen LogP contribution in [0.1, 0.15) is 5.56 Å². The summed E-state index contributed by atoms with van der Waals surface area (Å²) in [5.74, 6) is 0. The Labute approximate surface area is 53.5 Å². The molecule has 0 aromatic carbocycles. The van der Waals surface area contributed by atoms with Gasteiger partial charge in [-0.1, -0.05) is 0 Å². The van der Waals surface area contributed by atoms with E-state index in [1.807, 2.05) is 0 Å². The zero-order chi connectivity index (χ0) is 6.53. The third-order valence-corrected chi connectivity index (χ3v) is 1.03. The lowest BCUT2D eigenvalue weighted by molar-refractivity contribution is 0.555. The van der Waals surface area contributed by atoms with Crippen molar-refractivity contribution in [3.8, 4) is 0 Å². The van der Waals surface area contributed by atoms with Gasteiger partial charge < -0.3 is 0 Å². The Bertz CT molecular complexity index is 183. The average Bonchev–Trinajstić information content (AvgIpc) is 1.91. The summed E-state index contributed by atoms with van der Waals surface area (Å²) in [5, 5.41) is 0. The second kappa shape index (κ2) is 2.97. The molecule has 0 saturated carbocycles. The third-order valence-electron chi connectivity index (χ3n) is 1.03. The van der Waals surface area contributed by atoms with E-state index in [2.05, 4.69) is 4.98 Å². The number of aromatic nitrogens is 1. The molecule has 2 heteroatoms. The SMILES string of the molecule is O=[C]Cc1ccncc1. The first-order chi connectivity index (χ1) is 4.43. The quantitative estimate of drug-likeness (QED) is 0.576. The number of pyridine rings is 1. The first kappa shape index (κ1) is 5.95. The fraction of sp³-hybridized carbons (Fsp3) is 0.143. The van der Waals surface area contributed by atoms with Gasteiger partial charge in [-0.15, -0.1) is 0 Å². The van der Waals surface area contributed by atoms with Crippen molar-refractivity contribution in [3.05, 3.63) is 30.1 Å². The summed E-state index contributed by atoms with van der Waals surface area (Å²) < 4.78 is 0. The van der Waals surface area contributed by atoms with Crippen LogP contribution >= 0.6 is 0 Å². The Morgan fingerprint density at radius 1 is 1.44 bits per heavy atom. The Balaban J connectivity index is 2.72.